The van der Waals surface area contributed by atoms with E-state index in [1.165, 1.54) is 11.3 Å². The number of hydrogen-bond donors (Lipinski definition) is 1. The molecule has 4 heterocycles. The molecule has 1 aliphatic heterocycles. The molecular weight excluding hydrogens is 541 g/mol. The van der Waals surface area contributed by atoms with Crippen LogP contribution in [0.2, 0.25) is 5.02 Å². The van der Waals surface area contributed by atoms with Crippen LogP contribution in [0.3, 0.4) is 0 Å². The quantitative estimate of drug-likeness (QED) is 0.362. The molecule has 7 nitrogen and oxygen atoms in total. The van der Waals surface area contributed by atoms with Gasteiger partial charge < -0.3 is 10.1 Å². The second kappa shape index (κ2) is 10.2. The van der Waals surface area contributed by atoms with E-state index in [9.17, 15) is 22.8 Å². The van der Waals surface area contributed by atoms with Crippen molar-refractivity contribution in [2.45, 2.75) is 39.2 Å². The van der Waals surface area contributed by atoms with Crippen LogP contribution in [0.15, 0.2) is 52.3 Å². The Morgan fingerprint density at radius 2 is 1.97 bits per heavy atom. The van der Waals surface area contributed by atoms with Crippen LogP contribution in [0.5, 0.6) is 5.75 Å². The maximum absolute atomic E-state index is 12.9. The third-order valence-electron chi connectivity index (χ3n) is 6.51. The third-order valence-corrected chi connectivity index (χ3v) is 7.87. The average Bonchev–Trinajstić information content (AvgIpc) is 3.44. The van der Waals surface area contributed by atoms with Crippen LogP contribution in [0.25, 0.3) is 21.3 Å². The smallest absolute Gasteiger partial charge is 0.406 e. The summed E-state index contributed by atoms with van der Waals surface area (Å²) in [4.78, 5) is 30.1. The zero-order chi connectivity index (χ0) is 27.2. The van der Waals surface area contributed by atoms with Gasteiger partial charge in [0.25, 0.3) is 5.56 Å². The highest BCUT2D eigenvalue weighted by Crippen LogP contribution is 2.42. The molecular formula is C26H24ClF3N4O3S. The highest BCUT2D eigenvalue weighted by molar-refractivity contribution is 7.19. The van der Waals surface area contributed by atoms with E-state index in [1.54, 1.807) is 12.3 Å². The first-order valence-corrected chi connectivity index (χ1v) is 13.1. The number of fused-ring (bicyclic) bond motifs is 1. The van der Waals surface area contributed by atoms with Gasteiger partial charge in [0.05, 0.1) is 16.8 Å². The number of aromatic nitrogens is 3. The Kier molecular flexibility index (Phi) is 7.10. The summed E-state index contributed by atoms with van der Waals surface area (Å²) < 4.78 is 47.2. The Hall–Kier alpha value is -3.15. The fourth-order valence-electron chi connectivity index (χ4n) is 4.63. The van der Waals surface area contributed by atoms with Crippen molar-refractivity contribution in [3.05, 3.63) is 79.0 Å². The summed E-state index contributed by atoms with van der Waals surface area (Å²) in [5, 5.41) is 3.88. The van der Waals surface area contributed by atoms with Crippen LogP contribution in [0.4, 0.5) is 13.2 Å². The van der Waals surface area contributed by atoms with Gasteiger partial charge in [0.15, 0.2) is 0 Å². The number of rotatable bonds is 6. The Balaban J connectivity index is 1.56. The molecule has 1 saturated heterocycles. The molecule has 1 fully saturated rings. The fourth-order valence-corrected chi connectivity index (χ4v) is 6.03. The van der Waals surface area contributed by atoms with Gasteiger partial charge in [-0.1, -0.05) is 18.5 Å². The molecule has 200 valence electrons. The van der Waals surface area contributed by atoms with E-state index in [1.807, 2.05) is 25.1 Å². The Labute approximate surface area is 224 Å². The van der Waals surface area contributed by atoms with Crippen molar-refractivity contribution < 1.29 is 17.9 Å². The van der Waals surface area contributed by atoms with Gasteiger partial charge in [0.2, 0.25) is 0 Å². The monoisotopic (exact) mass is 564 g/mol. The molecule has 2 atom stereocenters. The van der Waals surface area contributed by atoms with Crippen LogP contribution in [-0.4, -0.2) is 39.5 Å². The van der Waals surface area contributed by atoms with Crippen LogP contribution in [0, 0.1) is 12.8 Å². The van der Waals surface area contributed by atoms with Crippen LogP contribution in [-0.2, 0) is 13.1 Å². The maximum atomic E-state index is 12.9. The van der Waals surface area contributed by atoms with Crippen LogP contribution < -0.4 is 21.3 Å². The van der Waals surface area contributed by atoms with Gasteiger partial charge in [0, 0.05) is 58.5 Å². The van der Waals surface area contributed by atoms with E-state index in [0.29, 0.717) is 31.7 Å². The molecule has 0 amide bonds. The number of nitrogens with zero attached hydrogens (tertiary/aromatic N) is 3. The molecule has 0 unspecified atom stereocenters. The number of benzene rings is 1. The summed E-state index contributed by atoms with van der Waals surface area (Å²) in [5.74, 6) is 1.04. The molecule has 0 saturated carbocycles. The van der Waals surface area contributed by atoms with E-state index < -0.39 is 24.0 Å². The van der Waals surface area contributed by atoms with Gasteiger partial charge in [-0.05, 0) is 36.8 Å². The van der Waals surface area contributed by atoms with Crippen molar-refractivity contribution in [2.75, 3.05) is 13.1 Å². The predicted molar refractivity (Wildman–Crippen MR) is 141 cm³/mol. The Bertz CT molecular complexity index is 1630. The molecule has 0 spiro atoms. The number of alkyl halides is 3. The van der Waals surface area contributed by atoms with E-state index >= 15 is 0 Å². The summed E-state index contributed by atoms with van der Waals surface area (Å²) in [7, 11) is 0. The first-order valence-electron chi connectivity index (χ1n) is 11.9. The number of aryl methyl sites for hydroxylation is 1. The highest BCUT2D eigenvalue weighted by atomic mass is 35.5. The lowest BCUT2D eigenvalue weighted by Crippen LogP contribution is -2.41. The van der Waals surface area contributed by atoms with E-state index in [0.717, 1.165) is 51.3 Å². The zero-order valence-electron chi connectivity index (χ0n) is 20.5. The maximum Gasteiger partial charge on any atom is 0.406 e. The minimum absolute atomic E-state index is 0.00586. The molecule has 0 bridgehead atoms. The largest absolute Gasteiger partial charge is 0.488 e. The second-order valence-corrected chi connectivity index (χ2v) is 11.0. The molecule has 0 radical (unpaired) electrons. The summed E-state index contributed by atoms with van der Waals surface area (Å²) in [5.41, 5.74) is 1.41. The van der Waals surface area contributed by atoms with E-state index in [-0.39, 0.29) is 12.6 Å². The fraction of sp³-hybridized carbons (Fsp3) is 0.346. The Morgan fingerprint density at radius 1 is 1.18 bits per heavy atom. The van der Waals surface area contributed by atoms with Gasteiger partial charge >= 0.3 is 11.9 Å². The lowest BCUT2D eigenvalue weighted by molar-refractivity contribution is -0.141. The lowest BCUT2D eigenvalue weighted by Gasteiger charge is -2.22. The van der Waals surface area contributed by atoms with Gasteiger partial charge in [-0.2, -0.15) is 13.2 Å². The molecule has 1 aromatic carbocycles. The van der Waals surface area contributed by atoms with Crippen molar-refractivity contribution in [3.8, 4) is 16.9 Å². The van der Waals surface area contributed by atoms with E-state index in [2.05, 4.69) is 17.2 Å². The molecule has 4 aromatic rings. The van der Waals surface area contributed by atoms with Crippen molar-refractivity contribution in [3.63, 3.8) is 0 Å². The summed E-state index contributed by atoms with van der Waals surface area (Å²) in [6, 6.07) is 8.22. The van der Waals surface area contributed by atoms with Crippen molar-refractivity contribution in [1.82, 2.24) is 19.4 Å². The molecule has 1 aliphatic rings. The molecule has 5 rings (SSSR count). The molecule has 1 N–H and O–H groups in total. The summed E-state index contributed by atoms with van der Waals surface area (Å²) in [6.45, 7) is 4.00. The van der Waals surface area contributed by atoms with Gasteiger partial charge in [-0.15, -0.1) is 11.3 Å². The number of hydrogen-bond acceptors (Lipinski definition) is 6. The SMILES string of the molecule is Cc1cc(Cl)cc(-c2ccnc3cc(Cn4c(=O)ccn(CC(F)(F)F)c4=O)sc23)c1O[C@H]1CNC[C@@H]1C. The molecule has 3 aromatic heterocycles. The van der Waals surface area contributed by atoms with Crippen molar-refractivity contribution >= 4 is 33.2 Å². The third kappa shape index (κ3) is 5.36. The lowest BCUT2D eigenvalue weighted by atomic mass is 10.0. The van der Waals surface area contributed by atoms with Crippen LogP contribution >= 0.6 is 22.9 Å². The number of pyridine rings is 1. The van der Waals surface area contributed by atoms with Crippen molar-refractivity contribution in [1.29, 1.82) is 0 Å². The standard InChI is InChI=1S/C26H24ClF3N4O3S/c1-14-7-16(27)8-19(23(14)37-21-11-31-10-15(21)2)18-3-5-32-20-9-17(38-24(18)20)12-34-22(35)4-6-33(25(34)36)13-26(28,29)30/h3-9,15,21,31H,10-13H2,1-2H3/t15-,21-/m0/s1. The first-order chi connectivity index (χ1) is 18.0. The number of nitrogens with one attached hydrogen (secondary N) is 1. The predicted octanol–water partition coefficient (Wildman–Crippen LogP) is 4.85. The zero-order valence-corrected chi connectivity index (χ0v) is 22.1. The minimum Gasteiger partial charge on any atom is -0.488 e. The average molecular weight is 565 g/mol. The normalized spacial score (nSPS) is 17.8. The summed E-state index contributed by atoms with van der Waals surface area (Å²) >= 11 is 7.75. The van der Waals surface area contributed by atoms with Gasteiger partial charge in [-0.25, -0.2) is 4.79 Å². The van der Waals surface area contributed by atoms with Crippen LogP contribution in [0.1, 0.15) is 17.4 Å². The van der Waals surface area contributed by atoms with Gasteiger partial charge in [-0.3, -0.25) is 18.9 Å². The number of ether oxygens (including phenoxy) is 1. The molecule has 0 aliphatic carbocycles. The van der Waals surface area contributed by atoms with E-state index in [4.69, 9.17) is 16.3 Å². The topological polar surface area (TPSA) is 78.2 Å². The Morgan fingerprint density at radius 3 is 2.68 bits per heavy atom. The minimum atomic E-state index is -4.59. The highest BCUT2D eigenvalue weighted by Gasteiger charge is 2.29. The second-order valence-electron chi connectivity index (χ2n) is 9.44. The molecule has 38 heavy (non-hydrogen) atoms. The molecule has 12 heteroatoms. The number of halogens is 4. The number of thiophene rings is 1. The van der Waals surface area contributed by atoms with Gasteiger partial charge in [0.1, 0.15) is 18.4 Å². The first kappa shape index (κ1) is 26.5. The summed E-state index contributed by atoms with van der Waals surface area (Å²) in [6.07, 6.45) is -2.08. The van der Waals surface area contributed by atoms with Crippen molar-refractivity contribution in [2.24, 2.45) is 5.92 Å².